The first-order valence-electron chi connectivity index (χ1n) is 8.43. The Hall–Kier alpha value is -3.10. The van der Waals surface area contributed by atoms with E-state index in [9.17, 15) is 15.2 Å². The van der Waals surface area contributed by atoms with Crippen LogP contribution in [0.5, 0.6) is 0 Å². The Bertz CT molecular complexity index is 823. The molecule has 5 heteroatoms. The zero-order valence-electron chi connectivity index (χ0n) is 15.1. The number of amides is 1. The van der Waals surface area contributed by atoms with E-state index in [1.54, 1.807) is 4.90 Å². The smallest absolute Gasteiger partial charge is 0.267 e. The van der Waals surface area contributed by atoms with Crippen LogP contribution < -0.4 is 5.32 Å². The maximum atomic E-state index is 12.5. The molecule has 0 aliphatic rings. The molecule has 134 valence electrons. The van der Waals surface area contributed by atoms with Gasteiger partial charge in [0.15, 0.2) is 0 Å². The van der Waals surface area contributed by atoms with E-state index in [4.69, 9.17) is 0 Å². The fraction of sp³-hybridized carbons (Fsp3) is 0.238. The molecule has 0 fully saturated rings. The number of carbonyl (C=O) groups excluding carboxylic acids is 1. The van der Waals surface area contributed by atoms with Gasteiger partial charge in [-0.1, -0.05) is 48.0 Å². The van der Waals surface area contributed by atoms with E-state index in [-0.39, 0.29) is 12.2 Å². The lowest BCUT2D eigenvalue weighted by atomic mass is 10.1. The number of rotatable bonds is 7. The number of aliphatic hydroxyl groups excluding tert-OH is 1. The first kappa shape index (κ1) is 19.2. The van der Waals surface area contributed by atoms with E-state index in [0.717, 1.165) is 16.7 Å². The van der Waals surface area contributed by atoms with Crippen molar-refractivity contribution in [2.75, 3.05) is 18.5 Å². The average molecular weight is 349 g/mol. The molecule has 2 rings (SSSR count). The SMILES string of the molecule is Cc1ccc(NC(=O)/C(C#N)=C\N(CCO)Cc2ccccc2)c(C)c1. The lowest BCUT2D eigenvalue weighted by molar-refractivity contribution is -0.112. The van der Waals surface area contributed by atoms with Crippen molar-refractivity contribution < 1.29 is 9.90 Å². The van der Waals surface area contributed by atoms with Gasteiger partial charge in [0.2, 0.25) is 0 Å². The molecule has 0 radical (unpaired) electrons. The first-order chi connectivity index (χ1) is 12.5. The number of benzene rings is 2. The number of carbonyl (C=O) groups is 1. The Morgan fingerprint density at radius 2 is 1.96 bits per heavy atom. The van der Waals surface area contributed by atoms with Crippen LogP contribution in [0.25, 0.3) is 0 Å². The summed E-state index contributed by atoms with van der Waals surface area (Å²) in [6, 6.07) is 17.4. The third-order valence-corrected chi connectivity index (χ3v) is 3.92. The molecule has 0 atom stereocenters. The Kier molecular flexibility index (Phi) is 6.95. The highest BCUT2D eigenvalue weighted by Crippen LogP contribution is 2.17. The molecule has 0 saturated heterocycles. The maximum absolute atomic E-state index is 12.5. The van der Waals surface area contributed by atoms with Crippen molar-refractivity contribution in [3.8, 4) is 6.07 Å². The number of aryl methyl sites for hydroxylation is 2. The normalized spacial score (nSPS) is 10.9. The largest absolute Gasteiger partial charge is 0.395 e. The van der Waals surface area contributed by atoms with Gasteiger partial charge in [-0.15, -0.1) is 0 Å². The van der Waals surface area contributed by atoms with Gasteiger partial charge in [-0.05, 0) is 31.0 Å². The molecule has 2 aromatic rings. The number of nitrogens with zero attached hydrogens (tertiary/aromatic N) is 2. The zero-order valence-corrected chi connectivity index (χ0v) is 15.1. The summed E-state index contributed by atoms with van der Waals surface area (Å²) in [4.78, 5) is 14.2. The summed E-state index contributed by atoms with van der Waals surface area (Å²) in [5, 5.41) is 21.5. The second-order valence-corrected chi connectivity index (χ2v) is 6.11. The van der Waals surface area contributed by atoms with Gasteiger partial charge in [0.25, 0.3) is 5.91 Å². The summed E-state index contributed by atoms with van der Waals surface area (Å²) in [7, 11) is 0. The van der Waals surface area contributed by atoms with Crippen molar-refractivity contribution >= 4 is 11.6 Å². The van der Waals surface area contributed by atoms with Gasteiger partial charge in [0.1, 0.15) is 11.6 Å². The van der Waals surface area contributed by atoms with Crippen LogP contribution in [0.15, 0.2) is 60.3 Å². The summed E-state index contributed by atoms with van der Waals surface area (Å²) in [5.41, 5.74) is 3.75. The third-order valence-electron chi connectivity index (χ3n) is 3.92. The van der Waals surface area contributed by atoms with Gasteiger partial charge in [-0.3, -0.25) is 4.79 Å². The summed E-state index contributed by atoms with van der Waals surface area (Å²) in [6.45, 7) is 4.66. The molecule has 0 aromatic heterocycles. The minimum atomic E-state index is -0.463. The second-order valence-electron chi connectivity index (χ2n) is 6.11. The standard InChI is InChI=1S/C21H23N3O2/c1-16-8-9-20(17(2)12-16)23-21(26)19(13-22)15-24(10-11-25)14-18-6-4-3-5-7-18/h3-9,12,15,25H,10-11,14H2,1-2H3,(H,23,26)/b19-15-. The highest BCUT2D eigenvalue weighted by Gasteiger charge is 2.13. The number of hydrogen-bond donors (Lipinski definition) is 2. The molecule has 5 nitrogen and oxygen atoms in total. The Morgan fingerprint density at radius 3 is 2.58 bits per heavy atom. The Balaban J connectivity index is 2.17. The van der Waals surface area contributed by atoms with Crippen LogP contribution in [-0.4, -0.2) is 29.1 Å². The van der Waals surface area contributed by atoms with Crippen LogP contribution in [-0.2, 0) is 11.3 Å². The quantitative estimate of drug-likeness (QED) is 0.595. The van der Waals surface area contributed by atoms with Crippen molar-refractivity contribution in [1.29, 1.82) is 5.26 Å². The molecule has 2 aromatic carbocycles. The highest BCUT2D eigenvalue weighted by atomic mass is 16.3. The highest BCUT2D eigenvalue weighted by molar-refractivity contribution is 6.06. The Labute approximate surface area is 154 Å². The van der Waals surface area contributed by atoms with Crippen LogP contribution in [0.3, 0.4) is 0 Å². The lowest BCUT2D eigenvalue weighted by Crippen LogP contribution is -2.24. The molecule has 26 heavy (non-hydrogen) atoms. The van der Waals surface area contributed by atoms with E-state index in [1.165, 1.54) is 6.20 Å². The van der Waals surface area contributed by atoms with E-state index in [1.807, 2.05) is 68.4 Å². The maximum Gasteiger partial charge on any atom is 0.267 e. The molecule has 0 spiro atoms. The van der Waals surface area contributed by atoms with Gasteiger partial charge < -0.3 is 15.3 Å². The molecule has 0 unspecified atom stereocenters. The fourth-order valence-electron chi connectivity index (χ4n) is 2.60. The van der Waals surface area contributed by atoms with E-state index in [0.29, 0.717) is 18.8 Å². The first-order valence-corrected chi connectivity index (χ1v) is 8.43. The van der Waals surface area contributed by atoms with Crippen LogP contribution >= 0.6 is 0 Å². The molecular formula is C21H23N3O2. The van der Waals surface area contributed by atoms with Crippen molar-refractivity contribution in [2.24, 2.45) is 0 Å². The third kappa shape index (κ3) is 5.47. The van der Waals surface area contributed by atoms with Crippen LogP contribution in [0, 0.1) is 25.2 Å². The van der Waals surface area contributed by atoms with Crippen molar-refractivity contribution in [1.82, 2.24) is 4.90 Å². The molecule has 0 aliphatic carbocycles. The van der Waals surface area contributed by atoms with Crippen LogP contribution in [0.1, 0.15) is 16.7 Å². The topological polar surface area (TPSA) is 76.4 Å². The second kappa shape index (κ2) is 9.40. The van der Waals surface area contributed by atoms with Crippen molar-refractivity contribution in [3.05, 3.63) is 77.0 Å². The predicted octanol–water partition coefficient (Wildman–Crippen LogP) is 3.14. The average Bonchev–Trinajstić information content (AvgIpc) is 2.63. The minimum Gasteiger partial charge on any atom is -0.395 e. The number of nitrogens with one attached hydrogen (secondary N) is 1. The molecule has 0 aliphatic heterocycles. The number of anilines is 1. The molecule has 0 saturated carbocycles. The van der Waals surface area contributed by atoms with E-state index < -0.39 is 5.91 Å². The van der Waals surface area contributed by atoms with Crippen LogP contribution in [0.2, 0.25) is 0 Å². The zero-order chi connectivity index (χ0) is 18.9. The van der Waals surface area contributed by atoms with Crippen LogP contribution in [0.4, 0.5) is 5.69 Å². The molecule has 2 N–H and O–H groups in total. The molecular weight excluding hydrogens is 326 g/mol. The monoisotopic (exact) mass is 349 g/mol. The number of nitriles is 1. The molecule has 1 amide bonds. The lowest BCUT2D eigenvalue weighted by Gasteiger charge is -2.20. The van der Waals surface area contributed by atoms with Crippen molar-refractivity contribution in [2.45, 2.75) is 20.4 Å². The Morgan fingerprint density at radius 1 is 1.23 bits per heavy atom. The van der Waals surface area contributed by atoms with E-state index >= 15 is 0 Å². The molecule has 0 bridgehead atoms. The predicted molar refractivity (Wildman–Crippen MR) is 102 cm³/mol. The summed E-state index contributed by atoms with van der Waals surface area (Å²) in [5.74, 6) is -0.463. The van der Waals surface area contributed by atoms with Gasteiger partial charge in [0.05, 0.1) is 6.61 Å². The van der Waals surface area contributed by atoms with Gasteiger partial charge in [0, 0.05) is 25.0 Å². The van der Waals surface area contributed by atoms with Gasteiger partial charge in [-0.25, -0.2) is 0 Å². The van der Waals surface area contributed by atoms with Crippen molar-refractivity contribution in [3.63, 3.8) is 0 Å². The fourth-order valence-corrected chi connectivity index (χ4v) is 2.60. The van der Waals surface area contributed by atoms with Gasteiger partial charge in [-0.2, -0.15) is 5.26 Å². The molecule has 0 heterocycles. The number of hydrogen-bond acceptors (Lipinski definition) is 4. The summed E-state index contributed by atoms with van der Waals surface area (Å²) < 4.78 is 0. The minimum absolute atomic E-state index is 0.00523. The number of aliphatic hydroxyl groups is 1. The summed E-state index contributed by atoms with van der Waals surface area (Å²) >= 11 is 0. The summed E-state index contributed by atoms with van der Waals surface area (Å²) in [6.07, 6.45) is 1.50. The van der Waals surface area contributed by atoms with E-state index in [2.05, 4.69) is 5.32 Å². The van der Waals surface area contributed by atoms with Gasteiger partial charge >= 0.3 is 0 Å².